The van der Waals surface area contributed by atoms with Crippen molar-refractivity contribution in [3.8, 4) is 0 Å². The van der Waals surface area contributed by atoms with Gasteiger partial charge < -0.3 is 5.32 Å². The Bertz CT molecular complexity index is 268. The predicted molar refractivity (Wildman–Crippen MR) is 62.9 cm³/mol. The van der Waals surface area contributed by atoms with Crippen LogP contribution in [0.25, 0.3) is 0 Å². The second-order valence-corrected chi connectivity index (χ2v) is 4.53. The van der Waals surface area contributed by atoms with Crippen molar-refractivity contribution in [3.05, 3.63) is 15.6 Å². The third-order valence-electron chi connectivity index (χ3n) is 2.16. The quantitative estimate of drug-likeness (QED) is 0.784. The van der Waals surface area contributed by atoms with E-state index in [4.69, 9.17) is 0 Å². The summed E-state index contributed by atoms with van der Waals surface area (Å²) in [5.41, 5.74) is 1.33. The van der Waals surface area contributed by atoms with Gasteiger partial charge >= 0.3 is 0 Å². The van der Waals surface area contributed by atoms with E-state index in [2.05, 4.69) is 31.1 Å². The van der Waals surface area contributed by atoms with Crippen LogP contribution in [0.5, 0.6) is 0 Å². The molecule has 0 saturated carbocycles. The van der Waals surface area contributed by atoms with Crippen LogP contribution < -0.4 is 5.32 Å². The zero-order valence-corrected chi connectivity index (χ0v) is 10.2. The van der Waals surface area contributed by atoms with E-state index in [1.807, 2.05) is 11.3 Å². The SMILES string of the molecule is CCCc1nc(CNCC)sc1CC. The Balaban J connectivity index is 2.67. The first-order chi connectivity index (χ1) is 6.81. The van der Waals surface area contributed by atoms with Crippen LogP contribution in [0.1, 0.15) is 42.8 Å². The summed E-state index contributed by atoms with van der Waals surface area (Å²) >= 11 is 1.87. The molecule has 1 heterocycles. The Morgan fingerprint density at radius 2 is 2.07 bits per heavy atom. The molecule has 2 nitrogen and oxygen atoms in total. The zero-order valence-electron chi connectivity index (χ0n) is 9.39. The van der Waals surface area contributed by atoms with Crippen molar-refractivity contribution in [2.75, 3.05) is 6.54 Å². The van der Waals surface area contributed by atoms with Crippen LogP contribution in [-0.4, -0.2) is 11.5 Å². The van der Waals surface area contributed by atoms with Crippen LogP contribution in [0.3, 0.4) is 0 Å². The maximum absolute atomic E-state index is 4.66. The lowest BCUT2D eigenvalue weighted by molar-refractivity contribution is 0.718. The third kappa shape index (κ3) is 3.07. The molecule has 0 saturated heterocycles. The first-order valence-corrected chi connectivity index (χ1v) is 6.31. The lowest BCUT2D eigenvalue weighted by Gasteiger charge is -1.95. The minimum Gasteiger partial charge on any atom is -0.311 e. The van der Waals surface area contributed by atoms with Gasteiger partial charge in [0.25, 0.3) is 0 Å². The van der Waals surface area contributed by atoms with E-state index in [-0.39, 0.29) is 0 Å². The van der Waals surface area contributed by atoms with Crippen LogP contribution in [0, 0.1) is 0 Å². The van der Waals surface area contributed by atoms with E-state index in [0.29, 0.717) is 0 Å². The van der Waals surface area contributed by atoms with Crippen molar-refractivity contribution in [2.45, 2.75) is 46.6 Å². The standard InChI is InChI=1S/C11H20N2S/c1-4-7-9-10(5-2)14-11(13-9)8-12-6-3/h12H,4-8H2,1-3H3. The average Bonchev–Trinajstić information content (AvgIpc) is 2.58. The molecule has 80 valence electrons. The highest BCUT2D eigenvalue weighted by molar-refractivity contribution is 7.11. The molecule has 0 aliphatic rings. The van der Waals surface area contributed by atoms with Gasteiger partial charge in [0.1, 0.15) is 5.01 Å². The highest BCUT2D eigenvalue weighted by atomic mass is 32.1. The number of hydrogen-bond donors (Lipinski definition) is 1. The highest BCUT2D eigenvalue weighted by Crippen LogP contribution is 2.20. The summed E-state index contributed by atoms with van der Waals surface area (Å²) in [6, 6.07) is 0. The molecule has 1 aromatic rings. The van der Waals surface area contributed by atoms with E-state index in [1.165, 1.54) is 22.0 Å². The fourth-order valence-electron chi connectivity index (χ4n) is 1.45. The summed E-state index contributed by atoms with van der Waals surface area (Å²) in [6.07, 6.45) is 3.45. The number of rotatable bonds is 6. The van der Waals surface area contributed by atoms with Gasteiger partial charge in [0, 0.05) is 11.4 Å². The van der Waals surface area contributed by atoms with Crippen molar-refractivity contribution in [1.29, 1.82) is 0 Å². The van der Waals surface area contributed by atoms with Crippen molar-refractivity contribution < 1.29 is 0 Å². The van der Waals surface area contributed by atoms with Gasteiger partial charge in [-0.15, -0.1) is 11.3 Å². The summed E-state index contributed by atoms with van der Waals surface area (Å²) in [4.78, 5) is 6.14. The van der Waals surface area contributed by atoms with Crippen molar-refractivity contribution in [1.82, 2.24) is 10.3 Å². The second-order valence-electron chi connectivity index (χ2n) is 3.36. The second kappa shape index (κ2) is 6.14. The molecule has 0 aliphatic carbocycles. The van der Waals surface area contributed by atoms with Gasteiger partial charge in [-0.3, -0.25) is 0 Å². The zero-order chi connectivity index (χ0) is 10.4. The number of nitrogens with zero attached hydrogens (tertiary/aromatic N) is 1. The van der Waals surface area contributed by atoms with Gasteiger partial charge in [0.15, 0.2) is 0 Å². The normalized spacial score (nSPS) is 10.8. The smallest absolute Gasteiger partial charge is 0.107 e. The third-order valence-corrected chi connectivity index (χ3v) is 3.40. The van der Waals surface area contributed by atoms with E-state index in [1.54, 1.807) is 0 Å². The molecule has 3 heteroatoms. The Hall–Kier alpha value is -0.410. The number of hydrogen-bond acceptors (Lipinski definition) is 3. The first kappa shape index (κ1) is 11.7. The Morgan fingerprint density at radius 1 is 1.29 bits per heavy atom. The maximum atomic E-state index is 4.66. The van der Waals surface area contributed by atoms with Crippen molar-refractivity contribution >= 4 is 11.3 Å². The van der Waals surface area contributed by atoms with Crippen LogP contribution in [0.4, 0.5) is 0 Å². The monoisotopic (exact) mass is 212 g/mol. The summed E-state index contributed by atoms with van der Waals surface area (Å²) in [7, 11) is 0. The molecule has 0 unspecified atom stereocenters. The number of thiazole rings is 1. The molecule has 0 fully saturated rings. The van der Waals surface area contributed by atoms with Crippen molar-refractivity contribution in [3.63, 3.8) is 0 Å². The fraction of sp³-hybridized carbons (Fsp3) is 0.727. The molecule has 0 bridgehead atoms. The van der Waals surface area contributed by atoms with E-state index >= 15 is 0 Å². The molecule has 1 rings (SSSR count). The molecule has 1 N–H and O–H groups in total. The molecule has 14 heavy (non-hydrogen) atoms. The molecular formula is C11H20N2S. The predicted octanol–water partition coefficient (Wildman–Crippen LogP) is 2.77. The van der Waals surface area contributed by atoms with Gasteiger partial charge in [-0.05, 0) is 19.4 Å². The largest absolute Gasteiger partial charge is 0.311 e. The molecule has 0 amide bonds. The average molecular weight is 212 g/mol. The minimum absolute atomic E-state index is 0.928. The van der Waals surface area contributed by atoms with Gasteiger partial charge in [0.2, 0.25) is 0 Å². The van der Waals surface area contributed by atoms with Crippen LogP contribution >= 0.6 is 11.3 Å². The summed E-state index contributed by atoms with van der Waals surface area (Å²) < 4.78 is 0. The van der Waals surface area contributed by atoms with Crippen LogP contribution in [0.15, 0.2) is 0 Å². The number of aryl methyl sites for hydroxylation is 2. The Morgan fingerprint density at radius 3 is 2.64 bits per heavy atom. The fourth-order valence-corrected chi connectivity index (χ4v) is 2.48. The summed E-state index contributed by atoms with van der Waals surface area (Å²) in [6.45, 7) is 8.50. The van der Waals surface area contributed by atoms with Gasteiger partial charge in [-0.1, -0.05) is 27.2 Å². The van der Waals surface area contributed by atoms with Crippen LogP contribution in [-0.2, 0) is 19.4 Å². The van der Waals surface area contributed by atoms with E-state index in [9.17, 15) is 0 Å². The van der Waals surface area contributed by atoms with Crippen molar-refractivity contribution in [2.24, 2.45) is 0 Å². The van der Waals surface area contributed by atoms with Crippen LogP contribution in [0.2, 0.25) is 0 Å². The Labute approximate surface area is 90.8 Å². The molecule has 0 atom stereocenters. The highest BCUT2D eigenvalue weighted by Gasteiger charge is 2.07. The van der Waals surface area contributed by atoms with Gasteiger partial charge in [-0.25, -0.2) is 4.98 Å². The number of nitrogens with one attached hydrogen (secondary N) is 1. The van der Waals surface area contributed by atoms with E-state index in [0.717, 1.165) is 25.9 Å². The number of aromatic nitrogens is 1. The summed E-state index contributed by atoms with van der Waals surface area (Å²) in [5, 5.41) is 4.56. The molecule has 0 spiro atoms. The molecule has 1 aromatic heterocycles. The first-order valence-electron chi connectivity index (χ1n) is 5.49. The van der Waals surface area contributed by atoms with Gasteiger partial charge in [0.05, 0.1) is 5.69 Å². The molecule has 0 aromatic carbocycles. The lowest BCUT2D eigenvalue weighted by atomic mass is 10.2. The molecule has 0 radical (unpaired) electrons. The summed E-state index contributed by atoms with van der Waals surface area (Å²) in [5.74, 6) is 0. The van der Waals surface area contributed by atoms with Gasteiger partial charge in [-0.2, -0.15) is 0 Å². The minimum atomic E-state index is 0.928. The maximum Gasteiger partial charge on any atom is 0.107 e. The molecule has 0 aliphatic heterocycles. The lowest BCUT2D eigenvalue weighted by Crippen LogP contribution is -2.11. The topological polar surface area (TPSA) is 24.9 Å². The van der Waals surface area contributed by atoms with E-state index < -0.39 is 0 Å². The molecular weight excluding hydrogens is 192 g/mol. The Kier molecular flexibility index (Phi) is 5.12.